The van der Waals surface area contributed by atoms with E-state index in [-0.39, 0.29) is 30.1 Å². The predicted molar refractivity (Wildman–Crippen MR) is 112 cm³/mol. The van der Waals surface area contributed by atoms with Crippen molar-refractivity contribution >= 4 is 40.9 Å². The number of aromatic amines is 1. The van der Waals surface area contributed by atoms with Crippen LogP contribution in [0.4, 0.5) is 32.2 Å². The minimum atomic E-state index is -1.27. The van der Waals surface area contributed by atoms with Crippen LogP contribution in [0.2, 0.25) is 5.28 Å². The minimum Gasteiger partial charge on any atom is -0.326 e. The second-order valence-electron chi connectivity index (χ2n) is 7.69. The summed E-state index contributed by atoms with van der Waals surface area (Å²) < 4.78 is 27.3. The Bertz CT molecular complexity index is 1140. The van der Waals surface area contributed by atoms with Crippen molar-refractivity contribution in [1.82, 2.24) is 30.1 Å². The van der Waals surface area contributed by atoms with Gasteiger partial charge in [0, 0.05) is 18.4 Å². The van der Waals surface area contributed by atoms with Crippen LogP contribution in [0, 0.1) is 5.95 Å². The van der Waals surface area contributed by atoms with Crippen LogP contribution in [-0.4, -0.2) is 54.8 Å². The predicted octanol–water partition coefficient (Wildman–Crippen LogP) is 2.96. The number of hydrogen-bond donors (Lipinski definition) is 3. The Hall–Kier alpha value is -3.41. The third kappa shape index (κ3) is 4.44. The number of halogens is 3. The fraction of sp³-hybridized carbons (Fsp3) is 0.368. The average Bonchev–Trinajstić information content (AvgIpc) is 3.38. The summed E-state index contributed by atoms with van der Waals surface area (Å²) >= 11 is 6.08. The summed E-state index contributed by atoms with van der Waals surface area (Å²) in [4.78, 5) is 30.2. The number of anilines is 4. The van der Waals surface area contributed by atoms with Crippen molar-refractivity contribution in [1.29, 1.82) is 0 Å². The second kappa shape index (κ2) is 8.26. The van der Waals surface area contributed by atoms with Crippen LogP contribution in [0.25, 0.3) is 0 Å². The Kier molecular flexibility index (Phi) is 5.29. The van der Waals surface area contributed by atoms with Crippen LogP contribution in [-0.2, 0) is 4.79 Å². The molecular weight excluding hydrogens is 444 g/mol. The van der Waals surface area contributed by atoms with Gasteiger partial charge in [-0.1, -0.05) is 0 Å². The molecule has 1 amide bonds. The van der Waals surface area contributed by atoms with Gasteiger partial charge in [0.25, 0.3) is 0 Å². The zero-order valence-corrected chi connectivity index (χ0v) is 17.4. The zero-order valence-electron chi connectivity index (χ0n) is 16.6. The molecule has 0 unspecified atom stereocenters. The summed E-state index contributed by atoms with van der Waals surface area (Å²) in [5.74, 6) is 0.0917. The van der Waals surface area contributed by atoms with Crippen LogP contribution in [0.1, 0.15) is 30.9 Å². The van der Waals surface area contributed by atoms with Gasteiger partial charge in [-0.05, 0) is 36.6 Å². The highest BCUT2D eigenvalue weighted by molar-refractivity contribution is 6.28. The van der Waals surface area contributed by atoms with Gasteiger partial charge in [-0.25, -0.2) is 9.37 Å². The highest BCUT2D eigenvalue weighted by atomic mass is 35.5. The number of amides is 1. The van der Waals surface area contributed by atoms with E-state index in [1.807, 2.05) is 6.07 Å². The summed E-state index contributed by atoms with van der Waals surface area (Å²) in [7, 11) is 0. The Morgan fingerprint density at radius 3 is 2.84 bits per heavy atom. The number of H-pyrrole nitrogens is 1. The van der Waals surface area contributed by atoms with E-state index in [0.717, 1.165) is 24.6 Å². The lowest BCUT2D eigenvalue weighted by Crippen LogP contribution is -2.40. The van der Waals surface area contributed by atoms with Gasteiger partial charge in [0.15, 0.2) is 0 Å². The van der Waals surface area contributed by atoms with Crippen molar-refractivity contribution in [3.05, 3.63) is 41.3 Å². The quantitative estimate of drug-likeness (QED) is 0.478. The number of carbonyl (C=O) groups is 1. The Morgan fingerprint density at radius 1 is 1.25 bits per heavy atom. The molecule has 0 spiro atoms. The fourth-order valence-corrected chi connectivity index (χ4v) is 3.72. The van der Waals surface area contributed by atoms with Gasteiger partial charge >= 0.3 is 0 Å². The number of nitrogens with one attached hydrogen (secondary N) is 3. The van der Waals surface area contributed by atoms with Crippen molar-refractivity contribution in [2.24, 2.45) is 0 Å². The topological polar surface area (TPSA) is 125 Å². The maximum Gasteiger partial charge on any atom is 0.247 e. The number of carbonyl (C=O) groups excluding carboxylic acids is 1. The molecule has 0 aromatic carbocycles. The van der Waals surface area contributed by atoms with Gasteiger partial charge in [0.1, 0.15) is 18.0 Å². The smallest absolute Gasteiger partial charge is 0.247 e. The molecule has 3 aromatic heterocycles. The van der Waals surface area contributed by atoms with Crippen molar-refractivity contribution < 1.29 is 13.6 Å². The van der Waals surface area contributed by atoms with Crippen molar-refractivity contribution in [3.63, 3.8) is 0 Å². The number of hydrogen-bond acceptors (Lipinski definition) is 8. The summed E-state index contributed by atoms with van der Waals surface area (Å²) in [6.45, 7) is -0.0879. The van der Waals surface area contributed by atoms with Gasteiger partial charge in [0.2, 0.25) is 29.0 Å². The van der Waals surface area contributed by atoms with Crippen LogP contribution < -0.4 is 15.5 Å². The molecule has 1 saturated heterocycles. The maximum atomic E-state index is 14.3. The molecule has 1 aliphatic heterocycles. The molecular formula is C19H18ClF2N9O. The maximum absolute atomic E-state index is 14.3. The molecule has 13 heteroatoms. The number of nitrogens with zero attached hydrogens (tertiary/aromatic N) is 6. The minimum absolute atomic E-state index is 0.0577. The molecule has 3 N–H and O–H groups in total. The van der Waals surface area contributed by atoms with Crippen molar-refractivity contribution in [2.45, 2.75) is 37.4 Å². The molecule has 1 aliphatic carbocycles. The molecule has 2 atom stereocenters. The van der Waals surface area contributed by atoms with Crippen LogP contribution >= 0.6 is 11.6 Å². The molecule has 2 aliphatic rings. The molecule has 32 heavy (non-hydrogen) atoms. The summed E-state index contributed by atoms with van der Waals surface area (Å²) in [6.07, 6.45) is 2.09. The molecule has 10 nitrogen and oxygen atoms in total. The van der Waals surface area contributed by atoms with Gasteiger partial charge < -0.3 is 15.5 Å². The van der Waals surface area contributed by atoms with E-state index < -0.39 is 24.1 Å². The van der Waals surface area contributed by atoms with E-state index in [1.54, 1.807) is 0 Å². The van der Waals surface area contributed by atoms with Gasteiger partial charge in [-0.3, -0.25) is 9.89 Å². The van der Waals surface area contributed by atoms with Crippen LogP contribution in [0.15, 0.2) is 24.4 Å². The normalized spacial score (nSPS) is 20.4. The summed E-state index contributed by atoms with van der Waals surface area (Å²) in [5, 5.41) is 12.6. The van der Waals surface area contributed by atoms with E-state index >= 15 is 0 Å². The average molecular weight is 462 g/mol. The number of pyridine rings is 1. The lowest BCUT2D eigenvalue weighted by molar-refractivity contribution is -0.117. The van der Waals surface area contributed by atoms with Crippen molar-refractivity contribution in [3.8, 4) is 0 Å². The zero-order chi connectivity index (χ0) is 22.2. The van der Waals surface area contributed by atoms with Gasteiger partial charge in [-0.2, -0.15) is 24.4 Å². The van der Waals surface area contributed by atoms with E-state index in [2.05, 4.69) is 40.8 Å². The third-order valence-electron chi connectivity index (χ3n) is 5.24. The first-order chi connectivity index (χ1) is 15.4. The van der Waals surface area contributed by atoms with E-state index in [1.165, 1.54) is 17.2 Å². The fourth-order valence-electron chi connectivity index (χ4n) is 3.56. The van der Waals surface area contributed by atoms with Crippen LogP contribution in [0.3, 0.4) is 0 Å². The number of alkyl halides is 1. The molecule has 2 fully saturated rings. The first kappa shape index (κ1) is 20.5. The molecule has 5 rings (SSSR count). The first-order valence-corrected chi connectivity index (χ1v) is 10.4. The highest BCUT2D eigenvalue weighted by Gasteiger charge is 2.39. The summed E-state index contributed by atoms with van der Waals surface area (Å²) in [5.41, 5.74) is 1.25. The molecule has 0 bridgehead atoms. The lowest BCUT2D eigenvalue weighted by atomic mass is 10.2. The number of aromatic nitrogens is 6. The standard InChI is InChI=1S/C19H18ClF2N9O/c20-17-26-18(25-15-6-12(29-30-15)9-1-2-9)28-19(27-17)31-8-10(21)5-13(31)16(32)24-11-3-4-14(22)23-7-11/h3-4,6-7,9-10,13H,1-2,5,8H2,(H,24,32)(H2,25,26,27,28,29,30)/t10-,13+/m1/s1. The molecule has 3 aromatic rings. The van der Waals surface area contributed by atoms with Crippen molar-refractivity contribution in [2.75, 3.05) is 22.1 Å². The van der Waals surface area contributed by atoms with Gasteiger partial charge in [0.05, 0.1) is 24.1 Å². The van der Waals surface area contributed by atoms with E-state index in [4.69, 9.17) is 11.6 Å². The Balaban J connectivity index is 1.35. The highest BCUT2D eigenvalue weighted by Crippen LogP contribution is 2.39. The molecule has 0 radical (unpaired) electrons. The van der Waals surface area contributed by atoms with Gasteiger partial charge in [-0.15, -0.1) is 0 Å². The molecule has 1 saturated carbocycles. The lowest BCUT2D eigenvalue weighted by Gasteiger charge is -2.23. The number of rotatable bonds is 6. The SMILES string of the molecule is O=C(Nc1ccc(F)nc1)[C@@H]1C[C@@H](F)CN1c1nc(Cl)nc(Nc2cc(C3CC3)n[nH]2)n1. The molecule has 166 valence electrons. The second-order valence-corrected chi connectivity index (χ2v) is 8.03. The first-order valence-electron chi connectivity index (χ1n) is 10.0. The summed E-state index contributed by atoms with van der Waals surface area (Å²) in [6, 6.07) is 3.47. The van der Waals surface area contributed by atoms with E-state index in [0.29, 0.717) is 17.4 Å². The largest absolute Gasteiger partial charge is 0.326 e. The Labute approximate surface area is 185 Å². The Morgan fingerprint density at radius 2 is 2.09 bits per heavy atom. The third-order valence-corrected chi connectivity index (χ3v) is 5.41. The monoisotopic (exact) mass is 461 g/mol. The van der Waals surface area contributed by atoms with Crippen LogP contribution in [0.5, 0.6) is 0 Å². The van der Waals surface area contributed by atoms with E-state index in [9.17, 15) is 13.6 Å². The molecule has 4 heterocycles.